The second-order valence-electron chi connectivity index (χ2n) is 4.12. The topological polar surface area (TPSA) is 52.0 Å². The summed E-state index contributed by atoms with van der Waals surface area (Å²) >= 11 is 1.62. The second-order valence-corrected chi connectivity index (χ2v) is 5.06. The maximum atomic E-state index is 5.91. The van der Waals surface area contributed by atoms with Crippen LogP contribution in [-0.4, -0.2) is 5.16 Å². The molecule has 0 bridgehead atoms. The number of benzene rings is 1. The number of rotatable bonds is 2. The van der Waals surface area contributed by atoms with Crippen LogP contribution in [0.25, 0.3) is 21.7 Å². The zero-order valence-corrected chi connectivity index (χ0v) is 10.7. The Hall–Kier alpha value is -2.07. The summed E-state index contributed by atoms with van der Waals surface area (Å²) in [4.78, 5) is 1.06. The number of thiophene rings is 1. The summed E-state index contributed by atoms with van der Waals surface area (Å²) in [6.45, 7) is 2.05. The second kappa shape index (κ2) is 4.31. The van der Waals surface area contributed by atoms with E-state index in [0.29, 0.717) is 5.88 Å². The number of aryl methyl sites for hydroxylation is 1. The molecule has 0 fully saturated rings. The molecule has 3 rings (SSSR count). The summed E-state index contributed by atoms with van der Waals surface area (Å²) < 4.78 is 5.15. The highest BCUT2D eigenvalue weighted by atomic mass is 32.1. The molecule has 18 heavy (non-hydrogen) atoms. The molecule has 3 nitrogen and oxygen atoms in total. The third kappa shape index (κ3) is 1.80. The van der Waals surface area contributed by atoms with E-state index in [4.69, 9.17) is 10.3 Å². The number of anilines is 1. The first-order valence-electron chi connectivity index (χ1n) is 5.62. The minimum Gasteiger partial charge on any atom is -0.367 e. The maximum absolute atomic E-state index is 5.91. The van der Waals surface area contributed by atoms with Crippen molar-refractivity contribution in [3.63, 3.8) is 0 Å². The summed E-state index contributed by atoms with van der Waals surface area (Å²) in [5, 5.41) is 6.09. The molecule has 2 N–H and O–H groups in total. The molecule has 0 aliphatic rings. The van der Waals surface area contributed by atoms with Crippen LogP contribution >= 0.6 is 11.3 Å². The minimum absolute atomic E-state index is 0.365. The highest BCUT2D eigenvalue weighted by Crippen LogP contribution is 2.38. The molecule has 0 saturated carbocycles. The Morgan fingerprint density at radius 2 is 2.11 bits per heavy atom. The molecule has 3 aromatic rings. The lowest BCUT2D eigenvalue weighted by molar-refractivity contribution is 0.439. The Labute approximate surface area is 109 Å². The fourth-order valence-corrected chi connectivity index (χ4v) is 2.68. The molecular weight excluding hydrogens is 244 g/mol. The molecule has 0 amide bonds. The van der Waals surface area contributed by atoms with Gasteiger partial charge in [0.1, 0.15) is 5.69 Å². The van der Waals surface area contributed by atoms with E-state index in [-0.39, 0.29) is 0 Å². The van der Waals surface area contributed by atoms with E-state index >= 15 is 0 Å². The van der Waals surface area contributed by atoms with Gasteiger partial charge in [-0.3, -0.25) is 0 Å². The molecule has 0 spiro atoms. The van der Waals surface area contributed by atoms with Crippen molar-refractivity contribution in [3.8, 4) is 21.7 Å². The normalized spacial score (nSPS) is 10.7. The van der Waals surface area contributed by atoms with Crippen LogP contribution in [0.2, 0.25) is 0 Å². The average molecular weight is 256 g/mol. The standard InChI is InChI=1S/C14H12N2OS/c1-9-4-2-5-10(8-9)12-13(16-17-14(12)15)11-6-3-7-18-11/h2-8H,15H2,1H3. The Morgan fingerprint density at radius 1 is 1.22 bits per heavy atom. The number of nitrogens with zero attached hydrogens (tertiary/aromatic N) is 1. The first kappa shape index (κ1) is 11.0. The molecule has 0 saturated heterocycles. The van der Waals surface area contributed by atoms with Gasteiger partial charge in [-0.25, -0.2) is 0 Å². The first-order chi connectivity index (χ1) is 8.75. The smallest absolute Gasteiger partial charge is 0.230 e. The fraction of sp³-hybridized carbons (Fsp3) is 0.0714. The SMILES string of the molecule is Cc1cccc(-c2c(-c3cccs3)noc2N)c1. The van der Waals surface area contributed by atoms with Gasteiger partial charge in [-0.2, -0.15) is 0 Å². The summed E-state index contributed by atoms with van der Waals surface area (Å²) in [7, 11) is 0. The van der Waals surface area contributed by atoms with Crippen LogP contribution < -0.4 is 5.73 Å². The molecule has 0 aliphatic carbocycles. The number of hydrogen-bond donors (Lipinski definition) is 1. The average Bonchev–Trinajstić information content (AvgIpc) is 2.97. The molecule has 0 unspecified atom stereocenters. The zero-order chi connectivity index (χ0) is 12.5. The molecule has 2 heterocycles. The van der Waals surface area contributed by atoms with Gasteiger partial charge in [-0.1, -0.05) is 41.1 Å². The van der Waals surface area contributed by atoms with Crippen molar-refractivity contribution in [3.05, 3.63) is 47.3 Å². The molecule has 90 valence electrons. The molecule has 0 atom stereocenters. The van der Waals surface area contributed by atoms with Gasteiger partial charge < -0.3 is 10.3 Å². The zero-order valence-electron chi connectivity index (χ0n) is 9.88. The number of hydrogen-bond acceptors (Lipinski definition) is 4. The quantitative estimate of drug-likeness (QED) is 0.755. The van der Waals surface area contributed by atoms with Crippen molar-refractivity contribution in [1.29, 1.82) is 0 Å². The highest BCUT2D eigenvalue weighted by molar-refractivity contribution is 7.13. The predicted molar refractivity (Wildman–Crippen MR) is 74.4 cm³/mol. The van der Waals surface area contributed by atoms with E-state index in [1.807, 2.05) is 29.6 Å². The van der Waals surface area contributed by atoms with Gasteiger partial charge in [0.25, 0.3) is 0 Å². The van der Waals surface area contributed by atoms with Crippen LogP contribution in [0.1, 0.15) is 5.56 Å². The third-order valence-corrected chi connectivity index (χ3v) is 3.66. The van der Waals surface area contributed by atoms with E-state index in [1.54, 1.807) is 11.3 Å². The van der Waals surface area contributed by atoms with Crippen molar-refractivity contribution in [1.82, 2.24) is 5.16 Å². The summed E-state index contributed by atoms with van der Waals surface area (Å²) in [6, 6.07) is 12.2. The Morgan fingerprint density at radius 3 is 2.83 bits per heavy atom. The molecular formula is C14H12N2OS. The van der Waals surface area contributed by atoms with Crippen molar-refractivity contribution in [2.45, 2.75) is 6.92 Å². The van der Waals surface area contributed by atoms with Crippen LogP contribution in [0.3, 0.4) is 0 Å². The van der Waals surface area contributed by atoms with Gasteiger partial charge in [0.05, 0.1) is 10.4 Å². The summed E-state index contributed by atoms with van der Waals surface area (Å²) in [5.41, 5.74) is 9.82. The number of nitrogens with two attached hydrogens (primary N) is 1. The Kier molecular flexibility index (Phi) is 2.64. The molecule has 1 aromatic carbocycles. The van der Waals surface area contributed by atoms with Crippen molar-refractivity contribution < 1.29 is 4.52 Å². The lowest BCUT2D eigenvalue weighted by Gasteiger charge is -2.02. The number of nitrogen functional groups attached to an aromatic ring is 1. The lowest BCUT2D eigenvalue weighted by atomic mass is 10.0. The van der Waals surface area contributed by atoms with Crippen LogP contribution in [0, 0.1) is 6.92 Å². The molecule has 2 aromatic heterocycles. The van der Waals surface area contributed by atoms with E-state index in [0.717, 1.165) is 21.7 Å². The molecule has 0 aliphatic heterocycles. The molecule has 0 radical (unpaired) electrons. The third-order valence-electron chi connectivity index (χ3n) is 2.78. The van der Waals surface area contributed by atoms with E-state index in [2.05, 4.69) is 24.2 Å². The van der Waals surface area contributed by atoms with Crippen LogP contribution in [0.15, 0.2) is 46.3 Å². The summed E-state index contributed by atoms with van der Waals surface area (Å²) in [5.74, 6) is 0.365. The van der Waals surface area contributed by atoms with Gasteiger partial charge in [0.15, 0.2) is 0 Å². The monoisotopic (exact) mass is 256 g/mol. The van der Waals surface area contributed by atoms with Crippen LogP contribution in [-0.2, 0) is 0 Å². The van der Waals surface area contributed by atoms with Gasteiger partial charge in [0, 0.05) is 0 Å². The van der Waals surface area contributed by atoms with E-state index < -0.39 is 0 Å². The highest BCUT2D eigenvalue weighted by Gasteiger charge is 2.17. The van der Waals surface area contributed by atoms with Gasteiger partial charge in [-0.05, 0) is 23.9 Å². The first-order valence-corrected chi connectivity index (χ1v) is 6.50. The Balaban J connectivity index is 2.20. The van der Waals surface area contributed by atoms with E-state index in [9.17, 15) is 0 Å². The molecule has 4 heteroatoms. The Bertz CT molecular complexity index is 671. The lowest BCUT2D eigenvalue weighted by Crippen LogP contribution is -1.87. The predicted octanol–water partition coefficient (Wildman–Crippen LogP) is 3.96. The van der Waals surface area contributed by atoms with Crippen molar-refractivity contribution in [2.24, 2.45) is 0 Å². The van der Waals surface area contributed by atoms with Gasteiger partial charge in [-0.15, -0.1) is 11.3 Å². The van der Waals surface area contributed by atoms with Crippen molar-refractivity contribution >= 4 is 17.2 Å². The van der Waals surface area contributed by atoms with Gasteiger partial charge >= 0.3 is 0 Å². The summed E-state index contributed by atoms with van der Waals surface area (Å²) in [6.07, 6.45) is 0. The van der Waals surface area contributed by atoms with E-state index in [1.165, 1.54) is 5.56 Å². The largest absolute Gasteiger partial charge is 0.367 e. The fourth-order valence-electron chi connectivity index (χ4n) is 1.96. The van der Waals surface area contributed by atoms with Crippen LogP contribution in [0.5, 0.6) is 0 Å². The van der Waals surface area contributed by atoms with Crippen molar-refractivity contribution in [2.75, 3.05) is 5.73 Å². The number of aromatic nitrogens is 1. The van der Waals surface area contributed by atoms with Crippen LogP contribution in [0.4, 0.5) is 5.88 Å². The maximum Gasteiger partial charge on any atom is 0.230 e. The van der Waals surface area contributed by atoms with Gasteiger partial charge in [0.2, 0.25) is 5.88 Å². The minimum atomic E-state index is 0.365.